The van der Waals surface area contributed by atoms with E-state index in [1.807, 2.05) is 0 Å². The fraction of sp³-hybridized carbons (Fsp3) is 0.211. The Morgan fingerprint density at radius 2 is 2.11 bits per heavy atom. The number of benzene rings is 2. The zero-order chi connectivity index (χ0) is 20.0. The quantitative estimate of drug-likeness (QED) is 0.718. The van der Waals surface area contributed by atoms with Crippen LogP contribution in [0.1, 0.15) is 17.0 Å². The van der Waals surface area contributed by atoms with Crippen LogP contribution in [0.25, 0.3) is 10.2 Å². The van der Waals surface area contributed by atoms with Crippen molar-refractivity contribution in [1.29, 1.82) is 0 Å². The van der Waals surface area contributed by atoms with Gasteiger partial charge < -0.3 is 9.84 Å². The molecule has 144 valence electrons. The van der Waals surface area contributed by atoms with E-state index in [0.717, 1.165) is 23.0 Å². The fourth-order valence-corrected chi connectivity index (χ4v) is 4.10. The Hall–Kier alpha value is -3.07. The largest absolute Gasteiger partial charge is 0.481 e. The summed E-state index contributed by atoms with van der Waals surface area (Å²) < 4.78 is 33.2. The Balaban J connectivity index is 1.75. The Morgan fingerprint density at radius 1 is 1.32 bits per heavy atom. The average Bonchev–Trinajstić information content (AvgIpc) is 3.06. The summed E-state index contributed by atoms with van der Waals surface area (Å²) in [6.45, 7) is 1.79. The van der Waals surface area contributed by atoms with Crippen LogP contribution in [0.3, 0.4) is 0 Å². The smallest absolute Gasteiger partial charge is 0.307 e. The highest BCUT2D eigenvalue weighted by atomic mass is 32.1. The summed E-state index contributed by atoms with van der Waals surface area (Å²) in [4.78, 5) is 29.6. The van der Waals surface area contributed by atoms with Crippen molar-refractivity contribution in [2.75, 3.05) is 4.90 Å². The zero-order valence-electron chi connectivity index (χ0n) is 14.6. The molecule has 2 heterocycles. The Kier molecular flexibility index (Phi) is 4.46. The number of carbonyl (C=O) groups is 2. The molecule has 9 heteroatoms. The molecule has 0 saturated carbocycles. The predicted molar refractivity (Wildman–Crippen MR) is 98.6 cm³/mol. The molecule has 0 radical (unpaired) electrons. The van der Waals surface area contributed by atoms with Crippen molar-refractivity contribution in [3.05, 3.63) is 52.5 Å². The van der Waals surface area contributed by atoms with Gasteiger partial charge in [-0.05, 0) is 30.7 Å². The van der Waals surface area contributed by atoms with Gasteiger partial charge in [-0.3, -0.25) is 14.5 Å². The minimum Gasteiger partial charge on any atom is -0.481 e. The Morgan fingerprint density at radius 3 is 2.86 bits per heavy atom. The number of carboxylic acid groups (broad SMARTS) is 1. The van der Waals surface area contributed by atoms with Gasteiger partial charge in [0.2, 0.25) is 0 Å². The molecule has 1 aliphatic rings. The van der Waals surface area contributed by atoms with Crippen molar-refractivity contribution in [2.24, 2.45) is 0 Å². The fourth-order valence-electron chi connectivity index (χ4n) is 3.12. The first-order valence-corrected chi connectivity index (χ1v) is 9.19. The molecule has 1 unspecified atom stereocenters. The molecule has 0 bridgehead atoms. The lowest BCUT2D eigenvalue weighted by Crippen LogP contribution is -2.46. The summed E-state index contributed by atoms with van der Waals surface area (Å²) in [5.41, 5.74) is 1.53. The first kappa shape index (κ1) is 18.3. The second-order valence-corrected chi connectivity index (χ2v) is 7.45. The van der Waals surface area contributed by atoms with Gasteiger partial charge in [0.15, 0.2) is 17.7 Å². The summed E-state index contributed by atoms with van der Waals surface area (Å²) in [7, 11) is 0. The van der Waals surface area contributed by atoms with E-state index in [9.17, 15) is 18.4 Å². The van der Waals surface area contributed by atoms with Crippen molar-refractivity contribution < 1.29 is 28.2 Å². The second kappa shape index (κ2) is 6.83. The van der Waals surface area contributed by atoms with Crippen LogP contribution in [0.2, 0.25) is 0 Å². The van der Waals surface area contributed by atoms with E-state index in [1.165, 1.54) is 11.0 Å². The maximum atomic E-state index is 14.0. The van der Waals surface area contributed by atoms with Gasteiger partial charge >= 0.3 is 5.97 Å². The highest BCUT2D eigenvalue weighted by molar-refractivity contribution is 7.18. The molecule has 1 N–H and O–H groups in total. The van der Waals surface area contributed by atoms with Gasteiger partial charge in [-0.15, -0.1) is 11.3 Å². The molecule has 3 aromatic rings. The molecule has 0 spiro atoms. The number of aryl methyl sites for hydroxylation is 1. The number of carbonyl (C=O) groups excluding carboxylic acids is 1. The molecule has 1 atom stereocenters. The van der Waals surface area contributed by atoms with Crippen LogP contribution in [0.15, 0.2) is 30.3 Å². The van der Waals surface area contributed by atoms with Crippen molar-refractivity contribution >= 4 is 39.1 Å². The maximum Gasteiger partial charge on any atom is 0.307 e. The van der Waals surface area contributed by atoms with Gasteiger partial charge in [-0.25, -0.2) is 13.8 Å². The molecule has 1 amide bonds. The molecular weight excluding hydrogens is 390 g/mol. The third-order valence-electron chi connectivity index (χ3n) is 4.43. The Labute approximate surface area is 162 Å². The topological polar surface area (TPSA) is 79.7 Å². The monoisotopic (exact) mass is 404 g/mol. The highest BCUT2D eigenvalue weighted by Crippen LogP contribution is 2.39. The molecule has 28 heavy (non-hydrogen) atoms. The number of halogens is 2. The molecule has 0 saturated heterocycles. The number of anilines is 1. The van der Waals surface area contributed by atoms with Crippen LogP contribution in [0, 0.1) is 18.6 Å². The number of ether oxygens (including phenoxy) is 1. The summed E-state index contributed by atoms with van der Waals surface area (Å²) in [6.07, 6.45) is -1.65. The third-order valence-corrected chi connectivity index (χ3v) is 5.48. The summed E-state index contributed by atoms with van der Waals surface area (Å²) in [6, 6.07) is 7.61. The number of fused-ring (bicyclic) bond motifs is 2. The van der Waals surface area contributed by atoms with Crippen LogP contribution in [-0.2, 0) is 16.1 Å². The minimum absolute atomic E-state index is 0.00479. The van der Waals surface area contributed by atoms with E-state index in [2.05, 4.69) is 4.98 Å². The number of hydrogen-bond donors (Lipinski definition) is 1. The SMILES string of the molecule is Cc1cccc2c1OC(CC(=O)O)C(=O)N2Cc1nc2ccc(F)c(F)c2s1. The van der Waals surface area contributed by atoms with E-state index in [1.54, 1.807) is 25.1 Å². The molecule has 4 rings (SSSR count). The van der Waals surface area contributed by atoms with Crippen molar-refractivity contribution in [2.45, 2.75) is 26.0 Å². The number of rotatable bonds is 4. The number of nitrogens with zero attached hydrogens (tertiary/aromatic N) is 2. The van der Waals surface area contributed by atoms with Crippen molar-refractivity contribution in [3.63, 3.8) is 0 Å². The number of aliphatic carboxylic acids is 1. The van der Waals surface area contributed by atoms with E-state index < -0.39 is 36.0 Å². The normalized spacial score (nSPS) is 16.2. The first-order valence-electron chi connectivity index (χ1n) is 8.38. The molecule has 0 aliphatic carbocycles. The van der Waals surface area contributed by atoms with Gasteiger partial charge in [0.1, 0.15) is 10.8 Å². The van der Waals surface area contributed by atoms with Crippen molar-refractivity contribution in [1.82, 2.24) is 4.98 Å². The van der Waals surface area contributed by atoms with Crippen LogP contribution >= 0.6 is 11.3 Å². The summed E-state index contributed by atoms with van der Waals surface area (Å²) in [5, 5.41) is 9.49. The van der Waals surface area contributed by atoms with Gasteiger partial charge in [-0.1, -0.05) is 12.1 Å². The number of aromatic nitrogens is 1. The third kappa shape index (κ3) is 3.07. The van der Waals surface area contributed by atoms with Crippen LogP contribution in [0.4, 0.5) is 14.5 Å². The number of hydrogen-bond acceptors (Lipinski definition) is 5. The van der Waals surface area contributed by atoms with Crippen molar-refractivity contribution in [3.8, 4) is 5.75 Å². The van der Waals surface area contributed by atoms with Gasteiger partial charge in [0.25, 0.3) is 5.91 Å². The van der Waals surface area contributed by atoms with E-state index in [0.29, 0.717) is 22.0 Å². The maximum absolute atomic E-state index is 14.0. The van der Waals surface area contributed by atoms with Crippen LogP contribution in [0.5, 0.6) is 5.75 Å². The van der Waals surface area contributed by atoms with Crippen LogP contribution in [-0.4, -0.2) is 28.1 Å². The van der Waals surface area contributed by atoms with Gasteiger partial charge in [0.05, 0.1) is 28.9 Å². The summed E-state index contributed by atoms with van der Waals surface area (Å²) in [5.74, 6) is -3.20. The first-order chi connectivity index (χ1) is 13.3. The number of para-hydroxylation sites is 1. The van der Waals surface area contributed by atoms with Gasteiger partial charge in [-0.2, -0.15) is 0 Å². The highest BCUT2D eigenvalue weighted by Gasteiger charge is 2.37. The van der Waals surface area contributed by atoms with Crippen LogP contribution < -0.4 is 9.64 Å². The molecule has 0 fully saturated rings. The molecule has 1 aliphatic heterocycles. The average molecular weight is 404 g/mol. The lowest BCUT2D eigenvalue weighted by molar-refractivity contribution is -0.142. The lowest BCUT2D eigenvalue weighted by atomic mass is 10.1. The summed E-state index contributed by atoms with van der Waals surface area (Å²) >= 11 is 0.951. The second-order valence-electron chi connectivity index (χ2n) is 6.37. The molecular formula is C19H14F2N2O4S. The number of amides is 1. The molecule has 2 aromatic carbocycles. The molecule has 6 nitrogen and oxygen atoms in total. The Bertz CT molecular complexity index is 1110. The van der Waals surface area contributed by atoms with E-state index in [4.69, 9.17) is 9.84 Å². The lowest BCUT2D eigenvalue weighted by Gasteiger charge is -2.34. The standard InChI is InChI=1S/C19H14F2N2O4S/c1-9-3-2-4-12-17(9)27-13(7-15(24)25)19(26)23(12)8-14-22-11-6-5-10(20)16(21)18(11)28-14/h2-6,13H,7-8H2,1H3,(H,24,25). The van der Waals surface area contributed by atoms with E-state index >= 15 is 0 Å². The van der Waals surface area contributed by atoms with Gasteiger partial charge in [0, 0.05) is 0 Å². The minimum atomic E-state index is -1.17. The number of thiazole rings is 1. The number of carboxylic acids is 1. The zero-order valence-corrected chi connectivity index (χ0v) is 15.4. The van der Waals surface area contributed by atoms with E-state index in [-0.39, 0.29) is 11.2 Å². The molecule has 1 aromatic heterocycles. The predicted octanol–water partition coefficient (Wildman–Crippen LogP) is 3.65.